The van der Waals surface area contributed by atoms with E-state index in [0.717, 1.165) is 24.8 Å². The summed E-state index contributed by atoms with van der Waals surface area (Å²) in [4.78, 5) is 24.0. The van der Waals surface area contributed by atoms with Crippen LogP contribution in [0, 0.1) is 44.8 Å². The van der Waals surface area contributed by atoms with Crippen molar-refractivity contribution in [2.45, 2.75) is 112 Å². The van der Waals surface area contributed by atoms with Gasteiger partial charge in [-0.1, -0.05) is 45.9 Å². The summed E-state index contributed by atoms with van der Waals surface area (Å²) in [5.74, 6) is 0.526. The van der Waals surface area contributed by atoms with Crippen LogP contribution in [0.1, 0.15) is 106 Å². The van der Waals surface area contributed by atoms with Crippen molar-refractivity contribution in [1.82, 2.24) is 0 Å². The molecule has 35 heavy (non-hydrogen) atoms. The van der Waals surface area contributed by atoms with Crippen molar-refractivity contribution >= 4 is 11.9 Å². The van der Waals surface area contributed by atoms with Gasteiger partial charge < -0.3 is 9.84 Å². The maximum atomic E-state index is 12.3. The highest BCUT2D eigenvalue weighted by atomic mass is 16.5. The molecule has 1 spiro atoms. The minimum absolute atomic E-state index is 0.0196. The summed E-state index contributed by atoms with van der Waals surface area (Å²) in [5.41, 5.74) is 2.95. The van der Waals surface area contributed by atoms with Crippen LogP contribution in [-0.4, -0.2) is 23.1 Å². The van der Waals surface area contributed by atoms with Gasteiger partial charge in [0.1, 0.15) is 6.10 Å². The number of carbonyl (C=O) groups is 2. The molecule has 0 aromatic rings. The Morgan fingerprint density at radius 2 is 1.86 bits per heavy atom. The Bertz CT molecular complexity index is 996. The topological polar surface area (TPSA) is 63.6 Å². The summed E-state index contributed by atoms with van der Waals surface area (Å²) in [6.07, 6.45) is 12.3. The lowest BCUT2D eigenvalue weighted by Crippen LogP contribution is -2.60. The van der Waals surface area contributed by atoms with Crippen molar-refractivity contribution in [2.24, 2.45) is 44.8 Å². The van der Waals surface area contributed by atoms with E-state index in [-0.39, 0.29) is 45.6 Å². The van der Waals surface area contributed by atoms with E-state index in [0.29, 0.717) is 17.8 Å². The molecular weight excluding hydrogens is 436 g/mol. The molecule has 4 saturated carbocycles. The van der Waals surface area contributed by atoms with Gasteiger partial charge in [0.05, 0.1) is 0 Å². The van der Waals surface area contributed by atoms with Gasteiger partial charge in [0.2, 0.25) is 0 Å². The molecule has 4 fully saturated rings. The zero-order chi connectivity index (χ0) is 25.6. The maximum Gasteiger partial charge on any atom is 0.333 e. The van der Waals surface area contributed by atoms with E-state index in [9.17, 15) is 14.7 Å². The third-order valence-electron chi connectivity index (χ3n) is 13.3. The largest absolute Gasteiger partial charge is 0.481 e. The molecule has 1 aliphatic heterocycles. The fraction of sp³-hybridized carbons (Fsp3) is 0.806. The van der Waals surface area contributed by atoms with E-state index in [2.05, 4.69) is 47.3 Å². The molecule has 5 rings (SSSR count). The van der Waals surface area contributed by atoms with Crippen LogP contribution in [0.15, 0.2) is 23.8 Å². The van der Waals surface area contributed by atoms with Crippen molar-refractivity contribution in [3.05, 3.63) is 23.8 Å². The molecule has 194 valence electrons. The Morgan fingerprint density at radius 3 is 2.49 bits per heavy atom. The summed E-state index contributed by atoms with van der Waals surface area (Å²) in [5, 5.41) is 9.59. The van der Waals surface area contributed by atoms with Gasteiger partial charge >= 0.3 is 11.9 Å². The van der Waals surface area contributed by atoms with Gasteiger partial charge in [-0.2, -0.15) is 0 Å². The average Bonchev–Trinajstić information content (AvgIpc) is 3.39. The Balaban J connectivity index is 1.48. The summed E-state index contributed by atoms with van der Waals surface area (Å²) in [6.45, 7) is 18.5. The van der Waals surface area contributed by atoms with Gasteiger partial charge in [0.25, 0.3) is 0 Å². The predicted molar refractivity (Wildman–Crippen MR) is 138 cm³/mol. The fourth-order valence-electron chi connectivity index (χ4n) is 11.0. The molecule has 0 unspecified atom stereocenters. The minimum atomic E-state index is -0.665. The lowest BCUT2D eigenvalue weighted by atomic mass is 9.37. The second kappa shape index (κ2) is 7.71. The van der Waals surface area contributed by atoms with Crippen LogP contribution < -0.4 is 0 Å². The molecule has 0 amide bonds. The molecule has 0 radical (unpaired) electrons. The second-order valence-electron chi connectivity index (χ2n) is 13.9. The molecule has 0 aromatic carbocycles. The fourth-order valence-corrected chi connectivity index (χ4v) is 11.0. The number of hydrogen-bond acceptors (Lipinski definition) is 3. The normalized spacial score (nSPS) is 49.1. The van der Waals surface area contributed by atoms with E-state index in [1.54, 1.807) is 0 Å². The number of rotatable bonds is 6. The Labute approximate surface area is 212 Å². The molecular formula is C31H46O4. The first kappa shape index (κ1) is 25.1. The van der Waals surface area contributed by atoms with E-state index >= 15 is 0 Å². The number of hydrogen-bond donors (Lipinski definition) is 1. The Hall–Kier alpha value is -1.58. The number of esters is 1. The zero-order valence-electron chi connectivity index (χ0n) is 22.8. The van der Waals surface area contributed by atoms with Crippen LogP contribution >= 0.6 is 0 Å². The van der Waals surface area contributed by atoms with Gasteiger partial charge in [-0.25, -0.2) is 4.79 Å². The standard InChI is InChI=1S/C31H46O4/c1-19(2)22-10-14-29(7)28(6)13-11-23(21(4)24-9-8-20(3)26(34)35-24)27(28,5)16-17-31(29)18-30(22,31)15-12-25(32)33/h8,21-24H,1,9-18H2,2-7H3,(H,32,33)/t21-,22-,23+,24+,27+,28+,29-,30+,31-/m0/s1. The number of carboxylic acids is 1. The average molecular weight is 483 g/mol. The molecule has 9 atom stereocenters. The van der Waals surface area contributed by atoms with Crippen LogP contribution in [0.4, 0.5) is 0 Å². The van der Waals surface area contributed by atoms with Crippen LogP contribution in [0.2, 0.25) is 0 Å². The minimum Gasteiger partial charge on any atom is -0.481 e. The molecule has 0 bridgehead atoms. The molecule has 4 heteroatoms. The third kappa shape index (κ3) is 2.98. The number of cyclic esters (lactones) is 1. The smallest absolute Gasteiger partial charge is 0.333 e. The van der Waals surface area contributed by atoms with Crippen molar-refractivity contribution < 1.29 is 19.4 Å². The number of carbonyl (C=O) groups excluding carboxylic acids is 1. The van der Waals surface area contributed by atoms with Crippen molar-refractivity contribution in [2.75, 3.05) is 0 Å². The van der Waals surface area contributed by atoms with Gasteiger partial charge in [0, 0.05) is 18.4 Å². The first-order chi connectivity index (χ1) is 16.3. The summed E-state index contributed by atoms with van der Waals surface area (Å²) in [6, 6.07) is 0. The highest BCUT2D eigenvalue weighted by Gasteiger charge is 2.84. The molecule has 4 nitrogen and oxygen atoms in total. The van der Waals surface area contributed by atoms with Gasteiger partial charge in [-0.05, 0) is 110 Å². The van der Waals surface area contributed by atoms with Crippen molar-refractivity contribution in [3.63, 3.8) is 0 Å². The summed E-state index contributed by atoms with van der Waals surface area (Å²) in [7, 11) is 0. The van der Waals surface area contributed by atoms with Gasteiger partial charge in [0.15, 0.2) is 0 Å². The molecule has 0 aromatic heterocycles. The molecule has 4 aliphatic carbocycles. The Kier molecular flexibility index (Phi) is 5.53. The molecule has 0 saturated heterocycles. The maximum absolute atomic E-state index is 12.3. The van der Waals surface area contributed by atoms with E-state index < -0.39 is 5.97 Å². The zero-order valence-corrected chi connectivity index (χ0v) is 22.8. The molecule has 1 heterocycles. The van der Waals surface area contributed by atoms with Gasteiger partial charge in [-0.3, -0.25) is 4.79 Å². The van der Waals surface area contributed by atoms with E-state index in [4.69, 9.17) is 4.74 Å². The summed E-state index contributed by atoms with van der Waals surface area (Å²) < 4.78 is 5.93. The Morgan fingerprint density at radius 1 is 1.17 bits per heavy atom. The first-order valence-corrected chi connectivity index (χ1v) is 14.0. The lowest BCUT2D eigenvalue weighted by Gasteiger charge is -2.67. The van der Waals surface area contributed by atoms with Crippen LogP contribution in [-0.2, 0) is 14.3 Å². The second-order valence-corrected chi connectivity index (χ2v) is 13.9. The number of fused-ring (bicyclic) bond motifs is 2. The van der Waals surface area contributed by atoms with Crippen LogP contribution in [0.3, 0.4) is 0 Å². The predicted octanol–water partition coefficient (Wildman–Crippen LogP) is 7.33. The SMILES string of the molecule is C=C(C)[C@@H]1CC[C@@]2(C)[C@]3(C)CC[C@H]([C@H](C)[C@H]4CC=C(C)C(=O)O4)[C@@]3(C)CC[C@]23C[C@]13CCC(=O)O. The number of carboxylic acid groups (broad SMARTS) is 1. The highest BCUT2D eigenvalue weighted by Crippen LogP contribution is 2.91. The van der Waals surface area contributed by atoms with E-state index in [1.807, 2.05) is 6.92 Å². The van der Waals surface area contributed by atoms with Crippen LogP contribution in [0.25, 0.3) is 0 Å². The van der Waals surface area contributed by atoms with Gasteiger partial charge in [-0.15, -0.1) is 0 Å². The third-order valence-corrected chi connectivity index (χ3v) is 13.3. The summed E-state index contributed by atoms with van der Waals surface area (Å²) >= 11 is 0. The number of allylic oxidation sites excluding steroid dienone is 1. The van der Waals surface area contributed by atoms with Crippen molar-refractivity contribution in [3.8, 4) is 0 Å². The molecule has 5 aliphatic rings. The molecule has 1 N–H and O–H groups in total. The monoisotopic (exact) mass is 482 g/mol. The van der Waals surface area contributed by atoms with E-state index in [1.165, 1.54) is 44.1 Å². The first-order valence-electron chi connectivity index (χ1n) is 14.0. The quantitative estimate of drug-likeness (QED) is 0.318. The number of aliphatic carboxylic acids is 1. The number of ether oxygens (including phenoxy) is 1. The van der Waals surface area contributed by atoms with Crippen molar-refractivity contribution in [1.29, 1.82) is 0 Å². The lowest BCUT2D eigenvalue weighted by molar-refractivity contribution is -0.188. The highest BCUT2D eigenvalue weighted by molar-refractivity contribution is 5.88. The van der Waals surface area contributed by atoms with Crippen LogP contribution in [0.5, 0.6) is 0 Å².